The van der Waals surface area contributed by atoms with Crippen LogP contribution in [0.3, 0.4) is 0 Å². The summed E-state index contributed by atoms with van der Waals surface area (Å²) in [6.07, 6.45) is 0. The maximum atomic E-state index is 14.5. The van der Waals surface area contributed by atoms with E-state index in [4.69, 9.17) is 0 Å². The van der Waals surface area contributed by atoms with Crippen LogP contribution in [0.5, 0.6) is 0 Å². The fraction of sp³-hybridized carbons (Fsp3) is 0.258. The number of halogens is 10. The summed E-state index contributed by atoms with van der Waals surface area (Å²) in [6, 6.07) is 37.5. The molecular formula is C62H60F10N2S2. The van der Waals surface area contributed by atoms with Crippen molar-refractivity contribution in [2.24, 2.45) is 0 Å². The maximum Gasteiger partial charge on any atom is 0.310 e. The molecule has 400 valence electrons. The summed E-state index contributed by atoms with van der Waals surface area (Å²) >= 11 is 0. The Labute approximate surface area is 436 Å². The van der Waals surface area contributed by atoms with Crippen molar-refractivity contribution in [1.82, 2.24) is 9.13 Å². The third-order valence-corrected chi connectivity index (χ3v) is 17.0. The van der Waals surface area contributed by atoms with Gasteiger partial charge in [-0.1, -0.05) is 207 Å². The van der Waals surface area contributed by atoms with Gasteiger partial charge in [-0.3, -0.25) is 0 Å². The quantitative estimate of drug-likeness (QED) is 0.147. The molecule has 0 bridgehead atoms. The summed E-state index contributed by atoms with van der Waals surface area (Å²) in [6.45, 7) is 25.2. The zero-order valence-corrected chi connectivity index (χ0v) is 46.0. The molecule has 76 heavy (non-hydrogen) atoms. The summed E-state index contributed by atoms with van der Waals surface area (Å²) in [7, 11) is -20.3. The molecule has 0 saturated heterocycles. The van der Waals surface area contributed by atoms with Crippen LogP contribution in [0.15, 0.2) is 155 Å². The van der Waals surface area contributed by atoms with Crippen molar-refractivity contribution < 1.29 is 38.9 Å². The number of hydrogen-bond acceptors (Lipinski definition) is 0. The molecule has 10 rings (SSSR count). The Kier molecular flexibility index (Phi) is 10.6. The molecule has 0 aliphatic rings. The van der Waals surface area contributed by atoms with Crippen molar-refractivity contribution in [1.29, 1.82) is 0 Å². The Balaban J connectivity index is 1.57. The lowest BCUT2D eigenvalue weighted by Gasteiger charge is -2.40. The van der Waals surface area contributed by atoms with Crippen LogP contribution < -0.4 is 0 Å². The molecule has 14 heteroatoms. The van der Waals surface area contributed by atoms with Gasteiger partial charge in [0.25, 0.3) is 0 Å². The van der Waals surface area contributed by atoms with E-state index in [0.29, 0.717) is 90.4 Å². The van der Waals surface area contributed by atoms with E-state index in [0.717, 1.165) is 57.3 Å². The second-order valence-electron chi connectivity index (χ2n) is 24.6. The summed E-state index contributed by atoms with van der Waals surface area (Å²) in [4.78, 5) is -4.07. The Bertz CT molecular complexity index is 3740. The van der Waals surface area contributed by atoms with Gasteiger partial charge in [0, 0.05) is 32.9 Å². The van der Waals surface area contributed by atoms with Gasteiger partial charge in [-0.15, -0.1) is 0 Å². The fourth-order valence-corrected chi connectivity index (χ4v) is 11.8. The molecule has 0 radical (unpaired) electrons. The minimum Gasteiger partial charge on any atom is -0.306 e. The molecule has 0 fully saturated rings. The average molecular weight is 1090 g/mol. The van der Waals surface area contributed by atoms with Crippen LogP contribution in [0, 0.1) is 0 Å². The van der Waals surface area contributed by atoms with E-state index in [1.807, 2.05) is 60.7 Å². The van der Waals surface area contributed by atoms with Gasteiger partial charge < -0.3 is 9.13 Å². The maximum absolute atomic E-state index is 14.5. The molecule has 0 aliphatic carbocycles. The Morgan fingerprint density at radius 3 is 0.855 bits per heavy atom. The SMILES string of the molecule is CC(C)(C)c1cc(-n2c3c4ccccc4cc(-c4ccc(S(F)(F)(F)(F)F)cc4)c3c3c2c2c(-c4ccc(S(F)(F)(F)(F)F)cc4)cc4ccccc4c2n3-c2cc(C(C)(C)C)cc(C(C)(C)C)c2)cc(C(C)(C)C)c1. The topological polar surface area (TPSA) is 9.86 Å². The molecule has 0 amide bonds. The predicted octanol–water partition coefficient (Wildman–Crippen LogP) is 22.9. The van der Waals surface area contributed by atoms with Gasteiger partial charge in [-0.25, -0.2) is 0 Å². The zero-order valence-electron chi connectivity index (χ0n) is 44.3. The van der Waals surface area contributed by atoms with Crippen molar-refractivity contribution in [3.05, 3.63) is 168 Å². The number of aromatic nitrogens is 2. The minimum atomic E-state index is -10.1. The second-order valence-corrected chi connectivity index (χ2v) is 29.4. The molecule has 8 aromatic carbocycles. The van der Waals surface area contributed by atoms with Crippen molar-refractivity contribution in [2.45, 2.75) is 115 Å². The van der Waals surface area contributed by atoms with Crippen LogP contribution in [0.4, 0.5) is 38.9 Å². The van der Waals surface area contributed by atoms with Gasteiger partial charge in [-0.2, -0.15) is 0 Å². The normalized spacial score (nSPS) is 15.4. The molecule has 2 heterocycles. The van der Waals surface area contributed by atoms with Crippen LogP contribution in [-0.2, 0) is 21.7 Å². The highest BCUT2D eigenvalue weighted by molar-refractivity contribution is 8.46. The predicted molar refractivity (Wildman–Crippen MR) is 301 cm³/mol. The Morgan fingerprint density at radius 2 is 0.592 bits per heavy atom. The first-order chi connectivity index (χ1) is 34.5. The monoisotopic (exact) mass is 1090 g/mol. The lowest BCUT2D eigenvalue weighted by atomic mass is 9.80. The molecule has 2 nitrogen and oxygen atoms in total. The van der Waals surface area contributed by atoms with E-state index in [9.17, 15) is 38.9 Å². The fourth-order valence-electron chi connectivity index (χ4n) is 10.5. The van der Waals surface area contributed by atoms with Crippen LogP contribution >= 0.6 is 20.4 Å². The third kappa shape index (κ3) is 9.30. The van der Waals surface area contributed by atoms with Crippen molar-refractivity contribution >= 4 is 74.8 Å². The summed E-state index contributed by atoms with van der Waals surface area (Å²) in [5, 5.41) is 3.94. The van der Waals surface area contributed by atoms with E-state index in [-0.39, 0.29) is 11.1 Å². The van der Waals surface area contributed by atoms with Crippen molar-refractivity contribution in [3.8, 4) is 33.6 Å². The second kappa shape index (κ2) is 15.2. The van der Waals surface area contributed by atoms with E-state index < -0.39 is 51.9 Å². The lowest BCUT2D eigenvalue weighted by molar-refractivity contribution is 0.360. The molecule has 0 aliphatic heterocycles. The molecule has 10 aromatic rings. The van der Waals surface area contributed by atoms with Crippen LogP contribution in [0.25, 0.3) is 88.0 Å². The van der Waals surface area contributed by atoms with Gasteiger partial charge in [-0.05, 0) is 138 Å². The molecule has 2 aromatic heterocycles. The first-order valence-corrected chi connectivity index (χ1v) is 28.9. The molecule has 0 saturated carbocycles. The van der Waals surface area contributed by atoms with E-state index >= 15 is 0 Å². The zero-order chi connectivity index (χ0) is 55.6. The summed E-state index contributed by atoms with van der Waals surface area (Å²) in [5.74, 6) is 0. The summed E-state index contributed by atoms with van der Waals surface area (Å²) < 4.78 is 149. The van der Waals surface area contributed by atoms with Gasteiger partial charge in [0.1, 0.15) is 9.79 Å². The van der Waals surface area contributed by atoms with Gasteiger partial charge in [0.05, 0.1) is 22.1 Å². The highest BCUT2D eigenvalue weighted by Gasteiger charge is 2.66. The van der Waals surface area contributed by atoms with E-state index in [1.54, 1.807) is 0 Å². The van der Waals surface area contributed by atoms with Crippen molar-refractivity contribution in [2.75, 3.05) is 0 Å². The molecule has 0 N–H and O–H groups in total. The van der Waals surface area contributed by atoms with Gasteiger partial charge in [0.2, 0.25) is 0 Å². The standard InChI is InChI=1S/C62H60F10N2S2/c1-59(2,3)41-31-42(60(4,5)6)34-45(33-41)73-55-49-19-15-13-17-39(49)29-51(37-21-25-47(26-22-37)75(63,64,65,66)67)53(55)58-57(73)54-52(38-23-27-48(28-24-38)76(68,69,70,71)72)30-40-18-14-16-20-50(40)56(54)74(58)46-35-43(61(7,8)9)32-44(36-46)62(10,11)12/h13-36H,1-12H3. The van der Waals surface area contributed by atoms with E-state index in [2.05, 4.69) is 129 Å². The number of rotatable bonds is 6. The molecule has 0 spiro atoms. The highest BCUT2D eigenvalue weighted by Crippen LogP contribution is 3.02. The molecule has 0 unspecified atom stereocenters. The first-order valence-electron chi connectivity index (χ1n) is 25.0. The third-order valence-electron chi connectivity index (χ3n) is 14.7. The highest BCUT2D eigenvalue weighted by atomic mass is 32.5. The van der Waals surface area contributed by atoms with Gasteiger partial charge >= 0.3 is 20.4 Å². The minimum absolute atomic E-state index is 0.214. The smallest absolute Gasteiger partial charge is 0.306 e. The number of benzene rings is 8. The van der Waals surface area contributed by atoms with E-state index in [1.165, 1.54) is 0 Å². The average Bonchev–Trinajstić information content (AvgIpc) is 3.82. The Morgan fingerprint density at radius 1 is 0.316 bits per heavy atom. The first kappa shape index (κ1) is 53.0. The van der Waals surface area contributed by atoms with Crippen LogP contribution in [0.1, 0.15) is 105 Å². The number of fused-ring (bicyclic) bond motifs is 9. The number of nitrogens with zero attached hydrogens (tertiary/aromatic N) is 2. The largest absolute Gasteiger partial charge is 0.310 e. The molecular weight excluding hydrogens is 1030 g/mol. The summed E-state index contributed by atoms with van der Waals surface area (Å²) in [5.41, 5.74) is 7.31. The lowest BCUT2D eigenvalue weighted by Crippen LogP contribution is -2.17. The number of hydrogen-bond donors (Lipinski definition) is 0. The van der Waals surface area contributed by atoms with Crippen molar-refractivity contribution in [3.63, 3.8) is 0 Å². The Hall–Kier alpha value is -6.38. The van der Waals surface area contributed by atoms with Gasteiger partial charge in [0.15, 0.2) is 0 Å². The molecule has 0 atom stereocenters. The van der Waals surface area contributed by atoms with Crippen LogP contribution in [-0.4, -0.2) is 9.13 Å². The van der Waals surface area contributed by atoms with Crippen LogP contribution in [0.2, 0.25) is 0 Å².